The molecule has 0 aliphatic heterocycles. The lowest BCUT2D eigenvalue weighted by molar-refractivity contribution is 0.530. The van der Waals surface area contributed by atoms with Gasteiger partial charge in [0.1, 0.15) is 13.8 Å². The number of nitrogens with two attached hydrogens (primary N) is 1. The fraction of sp³-hybridized carbons (Fsp3) is 0.438. The van der Waals surface area contributed by atoms with Gasteiger partial charge in [-0.1, -0.05) is 31.6 Å². The van der Waals surface area contributed by atoms with Crippen LogP contribution in [0.1, 0.15) is 24.0 Å². The van der Waals surface area contributed by atoms with Crippen molar-refractivity contribution < 1.29 is 0 Å². The van der Waals surface area contributed by atoms with Gasteiger partial charge in [-0.15, -0.1) is 5.54 Å². The van der Waals surface area contributed by atoms with Gasteiger partial charge in [-0.3, -0.25) is 0 Å². The molecule has 2 aromatic heterocycles. The van der Waals surface area contributed by atoms with E-state index in [1.165, 1.54) is 4.80 Å². The van der Waals surface area contributed by atoms with Crippen LogP contribution in [0.3, 0.4) is 0 Å². The highest BCUT2D eigenvalue weighted by molar-refractivity contribution is 6.83. The Balaban J connectivity index is 2.44. The zero-order valence-electron chi connectivity index (χ0n) is 13.9. The van der Waals surface area contributed by atoms with E-state index >= 15 is 0 Å². The van der Waals surface area contributed by atoms with E-state index in [-0.39, 0.29) is 0 Å². The third-order valence-electron chi connectivity index (χ3n) is 3.45. The van der Waals surface area contributed by atoms with Crippen LogP contribution in [0.2, 0.25) is 19.6 Å². The molecule has 5 nitrogen and oxygen atoms in total. The van der Waals surface area contributed by atoms with E-state index in [4.69, 9.17) is 10.7 Å². The number of hydrogen-bond donors (Lipinski definition) is 1. The van der Waals surface area contributed by atoms with Crippen LogP contribution in [0.15, 0.2) is 24.4 Å². The van der Waals surface area contributed by atoms with Crippen molar-refractivity contribution >= 4 is 8.07 Å². The normalized spacial score (nSPS) is 14.1. The quantitative estimate of drug-likeness (QED) is 0.692. The number of nitrogens with zero attached hydrogens (tertiary/aromatic N) is 4. The lowest BCUT2D eigenvalue weighted by Gasteiger charge is -2.25. The summed E-state index contributed by atoms with van der Waals surface area (Å²) in [4.78, 5) is 6.24. The number of aromatic nitrogens is 4. The zero-order chi connectivity index (χ0) is 16.4. The Labute approximate surface area is 133 Å². The van der Waals surface area contributed by atoms with Gasteiger partial charge in [-0.25, -0.2) is 4.98 Å². The molecule has 22 heavy (non-hydrogen) atoms. The van der Waals surface area contributed by atoms with Gasteiger partial charge in [0.15, 0.2) is 0 Å². The average Bonchev–Trinajstić information content (AvgIpc) is 2.91. The average molecular weight is 313 g/mol. The monoisotopic (exact) mass is 313 g/mol. The summed E-state index contributed by atoms with van der Waals surface area (Å²) < 4.78 is 0. The minimum absolute atomic E-state index is 0.406. The largest absolute Gasteiger partial charge is 0.329 e. The fourth-order valence-corrected chi connectivity index (χ4v) is 2.51. The molecule has 0 saturated carbocycles. The van der Waals surface area contributed by atoms with Gasteiger partial charge in [-0.2, -0.15) is 15.0 Å². The molecule has 0 saturated heterocycles. The van der Waals surface area contributed by atoms with Gasteiger partial charge in [0.05, 0.1) is 23.0 Å². The molecule has 1 unspecified atom stereocenters. The Morgan fingerprint density at radius 3 is 2.55 bits per heavy atom. The molecular weight excluding hydrogens is 290 g/mol. The maximum absolute atomic E-state index is 6.03. The predicted octanol–water partition coefficient (Wildman–Crippen LogP) is 1.70. The molecule has 0 bridgehead atoms. The molecule has 2 N–H and O–H groups in total. The van der Waals surface area contributed by atoms with Crippen LogP contribution in [0.5, 0.6) is 0 Å². The zero-order valence-corrected chi connectivity index (χ0v) is 14.9. The lowest BCUT2D eigenvalue weighted by Crippen LogP contribution is -2.34. The Bertz CT molecular complexity index is 720. The standard InChI is InChI=1S/C16H23N5Si/c1-16(12-17,15-11-18-21(2)20-15)14-8-6-7-13(19-14)9-10-22(3,4)5/h6-8,11H,12,17H2,1-5H3. The van der Waals surface area contributed by atoms with Gasteiger partial charge in [0.2, 0.25) is 0 Å². The first-order valence-corrected chi connectivity index (χ1v) is 10.8. The molecule has 2 heterocycles. The molecule has 0 radical (unpaired) electrons. The maximum atomic E-state index is 6.03. The van der Waals surface area contributed by atoms with Crippen molar-refractivity contribution in [1.82, 2.24) is 20.0 Å². The third kappa shape index (κ3) is 3.61. The summed E-state index contributed by atoms with van der Waals surface area (Å²) in [6.07, 6.45) is 1.74. The Morgan fingerprint density at radius 2 is 2.00 bits per heavy atom. The van der Waals surface area contributed by atoms with Crippen LogP contribution in [-0.4, -0.2) is 34.6 Å². The number of hydrogen-bond acceptors (Lipinski definition) is 4. The first kappa shape index (κ1) is 16.4. The summed E-state index contributed by atoms with van der Waals surface area (Å²) in [6, 6.07) is 5.88. The van der Waals surface area contributed by atoms with Crippen LogP contribution >= 0.6 is 0 Å². The maximum Gasteiger partial charge on any atom is 0.129 e. The van der Waals surface area contributed by atoms with Crippen molar-refractivity contribution in [3.63, 3.8) is 0 Å². The molecular formula is C16H23N5Si. The summed E-state index contributed by atoms with van der Waals surface area (Å²) in [5.41, 5.74) is 11.4. The van der Waals surface area contributed by atoms with E-state index in [2.05, 4.69) is 41.3 Å². The van der Waals surface area contributed by atoms with Gasteiger partial charge >= 0.3 is 0 Å². The van der Waals surface area contributed by atoms with E-state index in [0.717, 1.165) is 17.1 Å². The van der Waals surface area contributed by atoms with Crippen molar-refractivity contribution in [2.24, 2.45) is 12.8 Å². The van der Waals surface area contributed by atoms with E-state index in [1.54, 1.807) is 13.2 Å². The van der Waals surface area contributed by atoms with Gasteiger partial charge < -0.3 is 5.73 Å². The molecule has 0 amide bonds. The predicted molar refractivity (Wildman–Crippen MR) is 91.0 cm³/mol. The van der Waals surface area contributed by atoms with E-state index < -0.39 is 13.5 Å². The Morgan fingerprint density at radius 1 is 1.27 bits per heavy atom. The minimum atomic E-state index is -1.42. The highest BCUT2D eigenvalue weighted by Gasteiger charge is 2.32. The molecule has 1 atom stereocenters. The van der Waals surface area contributed by atoms with Crippen LogP contribution in [0, 0.1) is 11.5 Å². The number of pyridine rings is 1. The first-order valence-electron chi connectivity index (χ1n) is 7.32. The summed E-state index contributed by atoms with van der Waals surface area (Å²) in [5.74, 6) is 3.20. The van der Waals surface area contributed by atoms with E-state index in [0.29, 0.717) is 6.54 Å². The van der Waals surface area contributed by atoms with Gasteiger partial charge in [-0.05, 0) is 19.1 Å². The fourth-order valence-electron chi connectivity index (χ4n) is 2.00. The molecule has 2 aromatic rings. The Kier molecular flexibility index (Phi) is 4.49. The van der Waals surface area contributed by atoms with Crippen molar-refractivity contribution in [3.8, 4) is 11.5 Å². The van der Waals surface area contributed by atoms with E-state index in [1.807, 2.05) is 25.1 Å². The van der Waals surface area contributed by atoms with Crippen molar-refractivity contribution in [3.05, 3.63) is 41.5 Å². The minimum Gasteiger partial charge on any atom is -0.329 e. The highest BCUT2D eigenvalue weighted by atomic mass is 28.3. The third-order valence-corrected chi connectivity index (χ3v) is 4.33. The molecule has 0 spiro atoms. The lowest BCUT2D eigenvalue weighted by atomic mass is 9.83. The molecule has 2 rings (SSSR count). The molecule has 0 aliphatic rings. The van der Waals surface area contributed by atoms with Crippen molar-refractivity contribution in [1.29, 1.82) is 0 Å². The van der Waals surface area contributed by atoms with Crippen LogP contribution < -0.4 is 5.73 Å². The highest BCUT2D eigenvalue weighted by Crippen LogP contribution is 2.27. The van der Waals surface area contributed by atoms with Crippen LogP contribution in [0.4, 0.5) is 0 Å². The molecule has 116 valence electrons. The van der Waals surface area contributed by atoms with Crippen molar-refractivity contribution in [2.45, 2.75) is 32.0 Å². The van der Waals surface area contributed by atoms with Crippen molar-refractivity contribution in [2.75, 3.05) is 6.54 Å². The Hall–Kier alpha value is -1.97. The molecule has 0 aromatic carbocycles. The number of rotatable bonds is 3. The molecule has 6 heteroatoms. The molecule has 0 aliphatic carbocycles. The van der Waals surface area contributed by atoms with Crippen LogP contribution in [-0.2, 0) is 12.5 Å². The number of aryl methyl sites for hydroxylation is 1. The second kappa shape index (κ2) is 6.03. The topological polar surface area (TPSA) is 69.6 Å². The second-order valence-electron chi connectivity index (χ2n) is 6.66. The first-order chi connectivity index (χ1) is 10.2. The smallest absolute Gasteiger partial charge is 0.129 e. The summed E-state index contributed by atoms with van der Waals surface area (Å²) in [7, 11) is 0.372. The van der Waals surface area contributed by atoms with E-state index in [9.17, 15) is 0 Å². The summed E-state index contributed by atoms with van der Waals surface area (Å²) >= 11 is 0. The summed E-state index contributed by atoms with van der Waals surface area (Å²) in [5, 5.41) is 8.55. The van der Waals surface area contributed by atoms with Gasteiger partial charge in [0, 0.05) is 13.6 Å². The summed E-state index contributed by atoms with van der Waals surface area (Å²) in [6.45, 7) is 9.09. The SMILES string of the molecule is Cn1ncc(C(C)(CN)c2cccc(C#C[Si](C)(C)C)n2)n1. The van der Waals surface area contributed by atoms with Gasteiger partial charge in [0.25, 0.3) is 0 Å². The van der Waals surface area contributed by atoms with Crippen LogP contribution in [0.25, 0.3) is 0 Å². The molecule has 0 fully saturated rings. The second-order valence-corrected chi connectivity index (χ2v) is 11.4.